The predicted molar refractivity (Wildman–Crippen MR) is 68.5 cm³/mol. The van der Waals surface area contributed by atoms with Crippen molar-refractivity contribution in [1.29, 1.82) is 0 Å². The van der Waals surface area contributed by atoms with Crippen molar-refractivity contribution in [3.05, 3.63) is 41.4 Å². The maximum absolute atomic E-state index is 5.96. The number of aromatic nitrogens is 2. The van der Waals surface area contributed by atoms with Crippen LogP contribution in [0.3, 0.4) is 0 Å². The molecule has 1 aromatic heterocycles. The average Bonchev–Trinajstić information content (AvgIpc) is 2.82. The van der Waals surface area contributed by atoms with Crippen LogP contribution in [0.1, 0.15) is 12.7 Å². The van der Waals surface area contributed by atoms with Crippen molar-refractivity contribution in [2.24, 2.45) is 0 Å². The Morgan fingerprint density at radius 2 is 2.35 bits per heavy atom. The summed E-state index contributed by atoms with van der Waals surface area (Å²) in [5, 5.41) is 3.91. The summed E-state index contributed by atoms with van der Waals surface area (Å²) in [5.74, 6) is 1.66. The van der Waals surface area contributed by atoms with Crippen molar-refractivity contribution >= 4 is 17.3 Å². The lowest BCUT2D eigenvalue weighted by atomic mass is 10.3. The molecule has 0 saturated heterocycles. The van der Waals surface area contributed by atoms with E-state index in [4.69, 9.17) is 16.3 Å². The number of nitrogens with zero attached hydrogens (tertiary/aromatic N) is 1. The summed E-state index contributed by atoms with van der Waals surface area (Å²) in [7, 11) is 0. The maximum atomic E-state index is 5.96. The third-order valence-corrected chi connectivity index (χ3v) is 2.48. The van der Waals surface area contributed by atoms with Crippen LogP contribution in [0.5, 0.6) is 5.75 Å². The van der Waals surface area contributed by atoms with Crippen molar-refractivity contribution in [1.82, 2.24) is 9.97 Å². The van der Waals surface area contributed by atoms with Gasteiger partial charge in [0.05, 0.1) is 18.8 Å². The normalized spacial score (nSPS) is 10.2. The van der Waals surface area contributed by atoms with Gasteiger partial charge in [0.15, 0.2) is 0 Å². The van der Waals surface area contributed by atoms with Gasteiger partial charge >= 0.3 is 0 Å². The summed E-state index contributed by atoms with van der Waals surface area (Å²) < 4.78 is 5.51. The second-order valence-corrected chi connectivity index (χ2v) is 3.90. The third kappa shape index (κ3) is 3.14. The zero-order valence-corrected chi connectivity index (χ0v) is 10.3. The van der Waals surface area contributed by atoms with Gasteiger partial charge in [0, 0.05) is 17.4 Å². The number of H-pyrrole nitrogens is 1. The van der Waals surface area contributed by atoms with Crippen molar-refractivity contribution in [2.75, 3.05) is 11.9 Å². The summed E-state index contributed by atoms with van der Waals surface area (Å²) >= 11 is 5.96. The van der Waals surface area contributed by atoms with E-state index in [9.17, 15) is 0 Å². The Balaban J connectivity index is 2.10. The van der Waals surface area contributed by atoms with Gasteiger partial charge in [-0.1, -0.05) is 11.6 Å². The Bertz CT molecular complexity index is 471. The molecule has 2 N–H and O–H groups in total. The second kappa shape index (κ2) is 5.59. The smallest absolute Gasteiger partial charge is 0.142 e. The number of ether oxygens (including phenoxy) is 1. The number of hydrogen-bond donors (Lipinski definition) is 2. The highest BCUT2D eigenvalue weighted by Crippen LogP contribution is 2.28. The largest absolute Gasteiger partial charge is 0.492 e. The minimum Gasteiger partial charge on any atom is -0.492 e. The van der Waals surface area contributed by atoms with E-state index in [1.807, 2.05) is 25.1 Å². The van der Waals surface area contributed by atoms with Crippen molar-refractivity contribution in [2.45, 2.75) is 13.5 Å². The Kier molecular flexibility index (Phi) is 3.88. The second-order valence-electron chi connectivity index (χ2n) is 3.46. The number of benzene rings is 1. The van der Waals surface area contributed by atoms with E-state index >= 15 is 0 Å². The lowest BCUT2D eigenvalue weighted by Gasteiger charge is -2.11. The summed E-state index contributed by atoms with van der Waals surface area (Å²) in [4.78, 5) is 7.16. The topological polar surface area (TPSA) is 49.9 Å². The molecule has 0 radical (unpaired) electrons. The van der Waals surface area contributed by atoms with Crippen LogP contribution in [0.15, 0.2) is 30.6 Å². The zero-order chi connectivity index (χ0) is 12.1. The first-order valence-electron chi connectivity index (χ1n) is 5.44. The van der Waals surface area contributed by atoms with Crippen LogP contribution >= 0.6 is 11.6 Å². The molecule has 0 bridgehead atoms. The minimum atomic E-state index is 0.605. The van der Waals surface area contributed by atoms with E-state index in [-0.39, 0.29) is 0 Å². The highest BCUT2D eigenvalue weighted by Gasteiger charge is 2.04. The number of aromatic amines is 1. The zero-order valence-electron chi connectivity index (χ0n) is 9.53. The van der Waals surface area contributed by atoms with E-state index < -0.39 is 0 Å². The van der Waals surface area contributed by atoms with Gasteiger partial charge in [-0.2, -0.15) is 0 Å². The first-order valence-corrected chi connectivity index (χ1v) is 5.82. The van der Waals surface area contributed by atoms with Crippen LogP contribution < -0.4 is 10.1 Å². The monoisotopic (exact) mass is 251 g/mol. The fraction of sp³-hybridized carbons (Fsp3) is 0.250. The van der Waals surface area contributed by atoms with E-state index in [2.05, 4.69) is 15.3 Å². The summed E-state index contributed by atoms with van der Waals surface area (Å²) in [6, 6.07) is 5.51. The predicted octanol–water partition coefficient (Wildman–Crippen LogP) is 3.07. The molecule has 4 nitrogen and oxygen atoms in total. The molecule has 90 valence electrons. The van der Waals surface area contributed by atoms with E-state index in [1.54, 1.807) is 12.4 Å². The van der Waals surface area contributed by atoms with Crippen LogP contribution in [0, 0.1) is 0 Å². The number of anilines is 1. The molecule has 0 aliphatic carbocycles. The number of hydrogen-bond acceptors (Lipinski definition) is 3. The molecule has 1 aromatic carbocycles. The molecule has 0 spiro atoms. The molecule has 0 amide bonds. The van der Waals surface area contributed by atoms with Gasteiger partial charge in [0.25, 0.3) is 0 Å². The van der Waals surface area contributed by atoms with Gasteiger partial charge in [-0.05, 0) is 25.1 Å². The molecular formula is C12H14ClN3O. The van der Waals surface area contributed by atoms with E-state index in [0.29, 0.717) is 18.2 Å². The number of halogens is 1. The number of imidazole rings is 1. The quantitative estimate of drug-likeness (QED) is 0.859. The highest BCUT2D eigenvalue weighted by atomic mass is 35.5. The molecule has 0 atom stereocenters. The van der Waals surface area contributed by atoms with E-state index in [1.165, 1.54) is 0 Å². The standard InChI is InChI=1S/C12H14ClN3O/c1-2-17-11-4-3-9(13)7-10(11)16-8-12-14-5-6-15-12/h3-7,16H,2,8H2,1H3,(H,14,15). The van der Waals surface area contributed by atoms with Crippen LogP contribution in [0.25, 0.3) is 0 Å². The highest BCUT2D eigenvalue weighted by molar-refractivity contribution is 6.30. The van der Waals surface area contributed by atoms with Gasteiger partial charge in [0.2, 0.25) is 0 Å². The van der Waals surface area contributed by atoms with Gasteiger partial charge in [-0.3, -0.25) is 0 Å². The minimum absolute atomic E-state index is 0.605. The van der Waals surface area contributed by atoms with Crippen molar-refractivity contribution in [3.63, 3.8) is 0 Å². The van der Waals surface area contributed by atoms with Crippen LogP contribution in [-0.4, -0.2) is 16.6 Å². The first-order chi connectivity index (χ1) is 8.29. The van der Waals surface area contributed by atoms with Crippen molar-refractivity contribution in [3.8, 4) is 5.75 Å². The molecule has 5 heteroatoms. The lowest BCUT2D eigenvalue weighted by molar-refractivity contribution is 0.341. The van der Waals surface area contributed by atoms with Crippen LogP contribution in [0.4, 0.5) is 5.69 Å². The number of nitrogens with one attached hydrogen (secondary N) is 2. The van der Waals surface area contributed by atoms with Gasteiger partial charge in [-0.15, -0.1) is 0 Å². The van der Waals surface area contributed by atoms with E-state index in [0.717, 1.165) is 17.3 Å². The Morgan fingerprint density at radius 1 is 1.47 bits per heavy atom. The molecule has 0 aliphatic rings. The summed E-state index contributed by atoms with van der Waals surface area (Å²) in [6.45, 7) is 3.18. The van der Waals surface area contributed by atoms with Gasteiger partial charge < -0.3 is 15.0 Å². The Hall–Kier alpha value is -1.68. The van der Waals surface area contributed by atoms with Gasteiger partial charge in [0.1, 0.15) is 11.6 Å². The maximum Gasteiger partial charge on any atom is 0.142 e. The average molecular weight is 252 g/mol. The van der Waals surface area contributed by atoms with Crippen LogP contribution in [-0.2, 0) is 6.54 Å². The molecule has 0 saturated carbocycles. The molecule has 1 heterocycles. The Morgan fingerprint density at radius 3 is 3.06 bits per heavy atom. The summed E-state index contributed by atoms with van der Waals surface area (Å²) in [5.41, 5.74) is 0.871. The summed E-state index contributed by atoms with van der Waals surface area (Å²) in [6.07, 6.45) is 3.51. The molecule has 2 rings (SSSR count). The SMILES string of the molecule is CCOc1ccc(Cl)cc1NCc1ncc[nH]1. The first kappa shape index (κ1) is 11.8. The molecule has 2 aromatic rings. The molecule has 0 unspecified atom stereocenters. The fourth-order valence-corrected chi connectivity index (χ4v) is 1.67. The molecular weight excluding hydrogens is 238 g/mol. The van der Waals surface area contributed by atoms with Crippen LogP contribution in [0.2, 0.25) is 5.02 Å². The molecule has 0 fully saturated rings. The number of rotatable bonds is 5. The lowest BCUT2D eigenvalue weighted by Crippen LogP contribution is -2.03. The molecule has 17 heavy (non-hydrogen) atoms. The van der Waals surface area contributed by atoms with Crippen molar-refractivity contribution < 1.29 is 4.74 Å². The third-order valence-electron chi connectivity index (χ3n) is 2.24. The molecule has 0 aliphatic heterocycles. The Labute approximate surface area is 105 Å². The van der Waals surface area contributed by atoms with Gasteiger partial charge in [-0.25, -0.2) is 4.98 Å². The fourth-order valence-electron chi connectivity index (χ4n) is 1.50.